The summed E-state index contributed by atoms with van der Waals surface area (Å²) in [6, 6.07) is 8.18. The van der Waals surface area contributed by atoms with Crippen LogP contribution in [0.15, 0.2) is 36.7 Å². The van der Waals surface area contributed by atoms with Crippen molar-refractivity contribution in [1.82, 2.24) is 24.8 Å². The highest BCUT2D eigenvalue weighted by atomic mass is 32.1. The highest BCUT2D eigenvalue weighted by molar-refractivity contribution is 7.18. The van der Waals surface area contributed by atoms with Crippen LogP contribution in [-0.2, 0) is 0 Å². The van der Waals surface area contributed by atoms with Crippen LogP contribution in [0.5, 0.6) is 0 Å². The zero-order valence-corrected chi connectivity index (χ0v) is 21.2. The molecule has 5 rings (SSSR count). The average molecular weight is 488 g/mol. The lowest BCUT2D eigenvalue weighted by atomic mass is 9.84. The van der Waals surface area contributed by atoms with Gasteiger partial charge < -0.3 is 15.3 Å². The Morgan fingerprint density at radius 1 is 1.26 bits per heavy atom. The predicted molar refractivity (Wildman–Crippen MR) is 141 cm³/mol. The smallest absolute Gasteiger partial charge is 0.208 e. The van der Waals surface area contributed by atoms with Crippen molar-refractivity contribution < 1.29 is 5.11 Å². The topological polar surface area (TPSA) is 91.5 Å². The van der Waals surface area contributed by atoms with Crippen molar-refractivity contribution in [2.45, 2.75) is 45.8 Å². The number of hydrogen-bond acceptors (Lipinski definition) is 8. The van der Waals surface area contributed by atoms with Gasteiger partial charge in [-0.2, -0.15) is 5.10 Å². The van der Waals surface area contributed by atoms with E-state index in [9.17, 15) is 5.11 Å². The Balaban J connectivity index is 1.49. The first kappa shape index (κ1) is 23.3. The summed E-state index contributed by atoms with van der Waals surface area (Å²) >= 11 is 1.55. The molecular weight excluding hydrogens is 458 g/mol. The third kappa shape index (κ3) is 4.47. The highest BCUT2D eigenvalue weighted by Gasteiger charge is 2.35. The van der Waals surface area contributed by atoms with Crippen molar-refractivity contribution in [2.75, 3.05) is 23.3 Å². The first-order valence-corrected chi connectivity index (χ1v) is 12.6. The second kappa shape index (κ2) is 8.95. The maximum Gasteiger partial charge on any atom is 0.208 e. The van der Waals surface area contributed by atoms with Gasteiger partial charge in [-0.3, -0.25) is 4.98 Å². The average Bonchev–Trinajstić information content (AvgIpc) is 3.47. The Morgan fingerprint density at radius 3 is 2.83 bits per heavy atom. The third-order valence-electron chi connectivity index (χ3n) is 6.64. The Bertz CT molecular complexity index is 1410. The van der Waals surface area contributed by atoms with E-state index in [1.54, 1.807) is 17.5 Å². The first-order chi connectivity index (χ1) is 16.7. The van der Waals surface area contributed by atoms with Crippen molar-refractivity contribution in [2.24, 2.45) is 5.92 Å². The number of aliphatic hydroxyl groups is 1. The molecule has 2 N–H and O–H groups in total. The third-order valence-corrected chi connectivity index (χ3v) is 7.65. The van der Waals surface area contributed by atoms with Gasteiger partial charge in [-0.1, -0.05) is 24.2 Å². The molecule has 0 unspecified atom stereocenters. The molecule has 0 aliphatic carbocycles. The van der Waals surface area contributed by atoms with Crippen LogP contribution in [0.1, 0.15) is 39.7 Å². The van der Waals surface area contributed by atoms with Crippen molar-refractivity contribution in [3.63, 3.8) is 0 Å². The van der Waals surface area contributed by atoms with Crippen LogP contribution in [0.25, 0.3) is 27.5 Å². The minimum absolute atomic E-state index is 0.157. The first-order valence-electron chi connectivity index (χ1n) is 11.8. The number of piperidine rings is 1. The summed E-state index contributed by atoms with van der Waals surface area (Å²) in [5.74, 6) is 2.78. The van der Waals surface area contributed by atoms with E-state index in [0.29, 0.717) is 6.42 Å². The van der Waals surface area contributed by atoms with E-state index in [0.717, 1.165) is 56.9 Å². The quantitative estimate of drug-likeness (QED) is 0.405. The summed E-state index contributed by atoms with van der Waals surface area (Å²) in [6.45, 7) is 9.71. The molecule has 4 aromatic heterocycles. The fourth-order valence-corrected chi connectivity index (χ4v) is 5.22. The van der Waals surface area contributed by atoms with E-state index >= 15 is 0 Å². The maximum absolute atomic E-state index is 10.5. The van der Waals surface area contributed by atoms with E-state index in [4.69, 9.17) is 11.4 Å². The van der Waals surface area contributed by atoms with Gasteiger partial charge in [-0.25, -0.2) is 4.52 Å². The fourth-order valence-electron chi connectivity index (χ4n) is 4.32. The highest BCUT2D eigenvalue weighted by Crippen LogP contribution is 2.37. The van der Waals surface area contributed by atoms with Crippen LogP contribution in [0, 0.1) is 18.3 Å². The van der Waals surface area contributed by atoms with Gasteiger partial charge in [0.25, 0.3) is 0 Å². The Kier molecular flexibility index (Phi) is 5.95. The van der Waals surface area contributed by atoms with Gasteiger partial charge in [0, 0.05) is 42.5 Å². The molecule has 180 valence electrons. The normalized spacial score (nSPS) is 20.4. The molecule has 0 radical (unpaired) electrons. The Morgan fingerprint density at radius 2 is 2.09 bits per heavy atom. The van der Waals surface area contributed by atoms with E-state index < -0.39 is 5.60 Å². The summed E-state index contributed by atoms with van der Waals surface area (Å²) in [5, 5.41) is 29.2. The molecule has 1 saturated heterocycles. The van der Waals surface area contributed by atoms with Crippen molar-refractivity contribution in [3.05, 3.63) is 42.2 Å². The summed E-state index contributed by atoms with van der Waals surface area (Å²) in [5.41, 5.74) is 4.56. The van der Waals surface area contributed by atoms with Gasteiger partial charge >= 0.3 is 0 Å². The van der Waals surface area contributed by atoms with Crippen molar-refractivity contribution >= 4 is 27.7 Å². The van der Waals surface area contributed by atoms with Crippen LogP contribution in [-0.4, -0.2) is 54.6 Å². The van der Waals surface area contributed by atoms with Gasteiger partial charge in [0.1, 0.15) is 0 Å². The molecule has 2 atom stereocenters. The number of aromatic nitrogens is 5. The second-order valence-corrected chi connectivity index (χ2v) is 10.7. The summed E-state index contributed by atoms with van der Waals surface area (Å²) in [4.78, 5) is 6.97. The molecule has 0 bridgehead atoms. The van der Waals surface area contributed by atoms with Crippen molar-refractivity contribution in [3.8, 4) is 34.3 Å². The summed E-state index contributed by atoms with van der Waals surface area (Å²) in [6.07, 6.45) is 9.76. The molecule has 0 spiro atoms. The molecular formula is C26H29N7OS. The van der Waals surface area contributed by atoms with E-state index in [1.807, 2.05) is 41.9 Å². The monoisotopic (exact) mass is 487 g/mol. The molecule has 1 aliphatic rings. The molecule has 0 saturated carbocycles. The fraction of sp³-hybridized carbons (Fsp3) is 0.385. The summed E-state index contributed by atoms with van der Waals surface area (Å²) in [7, 11) is 0. The van der Waals surface area contributed by atoms with Crippen LogP contribution in [0.3, 0.4) is 0 Å². The van der Waals surface area contributed by atoms with E-state index in [2.05, 4.69) is 52.2 Å². The van der Waals surface area contributed by atoms with Gasteiger partial charge in [0.05, 0.1) is 34.3 Å². The standard InChI is InChI=1S/C26H29N7OS/c1-6-18-11-19-7-8-23(33(19)28-13-18)22-12-21(29-16(2)3)20(14-27-22)24-30-31-25(35-24)32-10-9-26(5,34)17(4)15-32/h1,7-8,11-14,16-17,34H,9-10,15H2,2-5H3,(H,27,29)/t17-,26+/m0/s1. The number of rotatable bonds is 5. The summed E-state index contributed by atoms with van der Waals surface area (Å²) < 4.78 is 1.84. The number of nitrogens with zero attached hydrogens (tertiary/aromatic N) is 6. The maximum atomic E-state index is 10.5. The van der Waals surface area contributed by atoms with E-state index in [1.165, 1.54) is 0 Å². The lowest BCUT2D eigenvalue weighted by Gasteiger charge is -2.40. The van der Waals surface area contributed by atoms with Gasteiger partial charge in [-0.15, -0.1) is 16.6 Å². The SMILES string of the molecule is C#Cc1cnn2c(-c3cc(NC(C)C)c(-c4nnc(N5CC[C@@](C)(O)[C@@H](C)C5)s4)cn3)ccc2c1. The zero-order chi connectivity index (χ0) is 24.7. The molecule has 1 aliphatic heterocycles. The molecule has 1 fully saturated rings. The number of hydrogen-bond donors (Lipinski definition) is 2. The lowest BCUT2D eigenvalue weighted by molar-refractivity contribution is -0.00936. The van der Waals surface area contributed by atoms with Crippen LogP contribution in [0.2, 0.25) is 0 Å². The van der Waals surface area contributed by atoms with Gasteiger partial charge in [0.2, 0.25) is 5.13 Å². The zero-order valence-electron chi connectivity index (χ0n) is 20.4. The molecule has 4 aromatic rings. The molecule has 9 heteroatoms. The second-order valence-electron chi connectivity index (χ2n) is 9.70. The Hall–Kier alpha value is -3.48. The number of terminal acetylenes is 1. The number of nitrogens with one attached hydrogen (secondary N) is 1. The molecule has 0 aromatic carbocycles. The molecule has 8 nitrogen and oxygen atoms in total. The van der Waals surface area contributed by atoms with Gasteiger partial charge in [-0.05, 0) is 51.5 Å². The van der Waals surface area contributed by atoms with Crippen LogP contribution >= 0.6 is 11.3 Å². The molecule has 5 heterocycles. The Labute approximate surface area is 209 Å². The van der Waals surface area contributed by atoms with Crippen molar-refractivity contribution in [1.29, 1.82) is 0 Å². The minimum atomic E-state index is -0.641. The van der Waals surface area contributed by atoms with Crippen LogP contribution in [0.4, 0.5) is 10.8 Å². The van der Waals surface area contributed by atoms with Gasteiger partial charge in [0.15, 0.2) is 5.01 Å². The molecule has 0 amide bonds. The van der Waals surface area contributed by atoms with E-state index in [-0.39, 0.29) is 12.0 Å². The predicted octanol–water partition coefficient (Wildman–Crippen LogP) is 4.31. The van der Waals surface area contributed by atoms with Crippen LogP contribution < -0.4 is 10.2 Å². The largest absolute Gasteiger partial charge is 0.390 e. The number of anilines is 2. The molecule has 35 heavy (non-hydrogen) atoms. The number of fused-ring (bicyclic) bond motifs is 1. The minimum Gasteiger partial charge on any atom is -0.390 e. The number of pyridine rings is 1. The lowest BCUT2D eigenvalue weighted by Crippen LogP contribution is -2.49.